The molecule has 4 nitrogen and oxygen atoms in total. The van der Waals surface area contributed by atoms with E-state index >= 15 is 0 Å². The van der Waals surface area contributed by atoms with Crippen molar-refractivity contribution >= 4 is 6.03 Å². The van der Waals surface area contributed by atoms with Gasteiger partial charge in [-0.05, 0) is 38.2 Å². The van der Waals surface area contributed by atoms with Gasteiger partial charge in [-0.15, -0.1) is 0 Å². The molecule has 23 heavy (non-hydrogen) atoms. The molecule has 2 saturated heterocycles. The highest BCUT2D eigenvalue weighted by atomic mass is 16.2. The van der Waals surface area contributed by atoms with E-state index in [1.807, 2.05) is 11.9 Å². The number of benzene rings is 1. The number of hydrogen-bond donors (Lipinski definition) is 0. The Balaban J connectivity index is 1.44. The quantitative estimate of drug-likeness (QED) is 0.835. The zero-order chi connectivity index (χ0) is 16.2. The maximum Gasteiger partial charge on any atom is 0.320 e. The van der Waals surface area contributed by atoms with Crippen molar-refractivity contribution in [2.24, 2.45) is 0 Å². The first-order chi connectivity index (χ1) is 11.1. The molecule has 3 rings (SSSR count). The molecule has 2 fully saturated rings. The van der Waals surface area contributed by atoms with Gasteiger partial charge in [-0.25, -0.2) is 4.79 Å². The van der Waals surface area contributed by atoms with Crippen LogP contribution in [0.3, 0.4) is 0 Å². The lowest BCUT2D eigenvalue weighted by Gasteiger charge is -2.39. The second-order valence-corrected chi connectivity index (χ2v) is 7.04. The van der Waals surface area contributed by atoms with E-state index in [2.05, 4.69) is 47.1 Å². The van der Waals surface area contributed by atoms with Gasteiger partial charge in [-0.2, -0.15) is 0 Å². The summed E-state index contributed by atoms with van der Waals surface area (Å²) < 4.78 is 0. The van der Waals surface area contributed by atoms with Crippen molar-refractivity contribution in [1.29, 1.82) is 0 Å². The van der Waals surface area contributed by atoms with Gasteiger partial charge in [-0.3, -0.25) is 0 Å². The topological polar surface area (TPSA) is 26.8 Å². The minimum atomic E-state index is 0.223. The molecule has 0 N–H and O–H groups in total. The molecule has 2 amide bonds. The molecule has 1 aromatic rings. The van der Waals surface area contributed by atoms with Crippen molar-refractivity contribution in [2.45, 2.75) is 44.7 Å². The molecular weight excluding hydrogens is 286 g/mol. The second kappa shape index (κ2) is 7.35. The van der Waals surface area contributed by atoms with E-state index in [0.29, 0.717) is 12.1 Å². The van der Waals surface area contributed by atoms with Crippen molar-refractivity contribution in [3.8, 4) is 0 Å². The van der Waals surface area contributed by atoms with E-state index in [4.69, 9.17) is 0 Å². The van der Waals surface area contributed by atoms with Crippen LogP contribution >= 0.6 is 0 Å². The van der Waals surface area contributed by atoms with E-state index < -0.39 is 0 Å². The molecule has 0 radical (unpaired) electrons. The fraction of sp³-hybridized carbons (Fsp3) is 0.632. The summed E-state index contributed by atoms with van der Waals surface area (Å²) in [5.74, 6) is 0. The Morgan fingerprint density at radius 2 is 1.78 bits per heavy atom. The van der Waals surface area contributed by atoms with Crippen LogP contribution in [-0.2, 0) is 6.42 Å². The molecular formula is C19H29N3O. The second-order valence-electron chi connectivity index (χ2n) is 7.04. The van der Waals surface area contributed by atoms with Gasteiger partial charge in [0.05, 0.1) is 0 Å². The van der Waals surface area contributed by atoms with Crippen molar-refractivity contribution in [3.63, 3.8) is 0 Å². The Labute approximate surface area is 140 Å². The van der Waals surface area contributed by atoms with Crippen LogP contribution < -0.4 is 0 Å². The summed E-state index contributed by atoms with van der Waals surface area (Å²) in [5.41, 5.74) is 1.43. The number of carbonyl (C=O) groups excluding carboxylic acids is 1. The Kier molecular flexibility index (Phi) is 5.21. The summed E-state index contributed by atoms with van der Waals surface area (Å²) in [5, 5.41) is 0. The van der Waals surface area contributed by atoms with E-state index in [1.54, 1.807) is 0 Å². The van der Waals surface area contributed by atoms with Crippen molar-refractivity contribution in [3.05, 3.63) is 35.9 Å². The number of likely N-dealkylation sites (tertiary alicyclic amines) is 1. The van der Waals surface area contributed by atoms with E-state index in [0.717, 1.165) is 45.4 Å². The number of urea groups is 1. The van der Waals surface area contributed by atoms with Gasteiger partial charge in [0.2, 0.25) is 0 Å². The standard InChI is InChI=1S/C19H29N3O/c1-16(8-9-17-6-4-3-5-7-17)21-12-10-18(11-13-21)22-15-14-20(2)19(22)23/h3-7,16,18H,8-15H2,1-2H3/t16-/m0/s1. The molecule has 1 atom stereocenters. The molecule has 2 aliphatic heterocycles. The van der Waals surface area contributed by atoms with Gasteiger partial charge in [0.15, 0.2) is 0 Å². The Morgan fingerprint density at radius 3 is 2.39 bits per heavy atom. The predicted molar refractivity (Wildman–Crippen MR) is 93.6 cm³/mol. The maximum atomic E-state index is 12.1. The smallest absolute Gasteiger partial charge is 0.320 e. The largest absolute Gasteiger partial charge is 0.326 e. The number of likely N-dealkylation sites (N-methyl/N-ethyl adjacent to an activating group) is 1. The van der Waals surface area contributed by atoms with Crippen LogP contribution in [0.1, 0.15) is 31.7 Å². The summed E-state index contributed by atoms with van der Waals surface area (Å²) in [6.07, 6.45) is 4.60. The fourth-order valence-electron chi connectivity index (χ4n) is 3.85. The minimum Gasteiger partial charge on any atom is -0.326 e. The molecule has 0 aliphatic carbocycles. The summed E-state index contributed by atoms with van der Waals surface area (Å²) in [7, 11) is 1.91. The van der Waals surface area contributed by atoms with Gasteiger partial charge >= 0.3 is 6.03 Å². The summed E-state index contributed by atoms with van der Waals surface area (Å²) in [4.78, 5) is 18.6. The lowest BCUT2D eigenvalue weighted by Crippen LogP contribution is -2.48. The Bertz CT molecular complexity index is 511. The molecule has 0 bridgehead atoms. The number of nitrogens with zero attached hydrogens (tertiary/aromatic N) is 3. The van der Waals surface area contributed by atoms with E-state index in [9.17, 15) is 4.79 Å². The summed E-state index contributed by atoms with van der Waals surface area (Å²) in [6.45, 7) is 6.37. The van der Waals surface area contributed by atoms with Crippen LogP contribution in [0.2, 0.25) is 0 Å². The average Bonchev–Trinajstić information content (AvgIpc) is 2.93. The fourth-order valence-corrected chi connectivity index (χ4v) is 3.85. The van der Waals surface area contributed by atoms with Crippen molar-refractivity contribution in [1.82, 2.24) is 14.7 Å². The molecule has 0 aromatic heterocycles. The Morgan fingerprint density at radius 1 is 1.09 bits per heavy atom. The molecule has 0 saturated carbocycles. The predicted octanol–water partition coefficient (Wildman–Crippen LogP) is 2.84. The number of amides is 2. The number of hydrogen-bond acceptors (Lipinski definition) is 2. The van der Waals surface area contributed by atoms with Crippen molar-refractivity contribution < 1.29 is 4.79 Å². The molecule has 4 heteroatoms. The number of carbonyl (C=O) groups is 1. The molecule has 1 aromatic carbocycles. The summed E-state index contributed by atoms with van der Waals surface area (Å²) in [6, 6.07) is 12.0. The average molecular weight is 315 g/mol. The first-order valence-corrected chi connectivity index (χ1v) is 8.95. The third-order valence-corrected chi connectivity index (χ3v) is 5.51. The van der Waals surface area contributed by atoms with Gasteiger partial charge in [0.25, 0.3) is 0 Å². The minimum absolute atomic E-state index is 0.223. The van der Waals surface area contributed by atoms with Crippen LogP contribution in [0.15, 0.2) is 30.3 Å². The lowest BCUT2D eigenvalue weighted by molar-refractivity contribution is 0.106. The first kappa shape index (κ1) is 16.3. The first-order valence-electron chi connectivity index (χ1n) is 8.95. The monoisotopic (exact) mass is 315 g/mol. The zero-order valence-corrected chi connectivity index (χ0v) is 14.4. The number of rotatable bonds is 5. The van der Waals surface area contributed by atoms with Gasteiger partial charge in [-0.1, -0.05) is 30.3 Å². The maximum absolute atomic E-state index is 12.1. The van der Waals surface area contributed by atoms with Crippen LogP contribution in [0.25, 0.3) is 0 Å². The van der Waals surface area contributed by atoms with Gasteiger partial charge < -0.3 is 14.7 Å². The zero-order valence-electron chi connectivity index (χ0n) is 14.4. The third kappa shape index (κ3) is 3.86. The molecule has 0 spiro atoms. The lowest BCUT2D eigenvalue weighted by atomic mass is 9.99. The highest BCUT2D eigenvalue weighted by Gasteiger charge is 2.34. The highest BCUT2D eigenvalue weighted by molar-refractivity contribution is 5.76. The summed E-state index contributed by atoms with van der Waals surface area (Å²) >= 11 is 0. The van der Waals surface area contributed by atoms with E-state index in [-0.39, 0.29) is 6.03 Å². The van der Waals surface area contributed by atoms with Crippen LogP contribution in [0.4, 0.5) is 4.79 Å². The van der Waals surface area contributed by atoms with Crippen LogP contribution in [0, 0.1) is 0 Å². The third-order valence-electron chi connectivity index (χ3n) is 5.51. The van der Waals surface area contributed by atoms with E-state index in [1.165, 1.54) is 12.0 Å². The molecule has 126 valence electrons. The van der Waals surface area contributed by atoms with Gasteiger partial charge in [0.1, 0.15) is 0 Å². The van der Waals surface area contributed by atoms with Crippen LogP contribution in [-0.4, -0.2) is 66.0 Å². The van der Waals surface area contributed by atoms with Gasteiger partial charge in [0, 0.05) is 45.3 Å². The molecule has 2 heterocycles. The number of piperidine rings is 1. The van der Waals surface area contributed by atoms with Crippen LogP contribution in [0.5, 0.6) is 0 Å². The highest BCUT2D eigenvalue weighted by Crippen LogP contribution is 2.23. The molecule has 2 aliphatic rings. The normalized spacial score (nSPS) is 21.9. The Hall–Kier alpha value is -1.55. The molecule has 0 unspecified atom stereocenters. The number of aryl methyl sites for hydroxylation is 1. The SMILES string of the molecule is C[C@@H](CCc1ccccc1)N1CCC(N2CCN(C)C2=O)CC1. The van der Waals surface area contributed by atoms with Crippen molar-refractivity contribution in [2.75, 3.05) is 33.2 Å².